The number of hydrogen-bond acceptors (Lipinski definition) is 1. The zero-order valence-corrected chi connectivity index (χ0v) is 14.6. The summed E-state index contributed by atoms with van der Waals surface area (Å²) in [6.45, 7) is 4.12. The molecule has 1 saturated carbocycles. The molecule has 0 radical (unpaired) electrons. The van der Waals surface area contributed by atoms with Crippen molar-refractivity contribution in [3.8, 4) is 11.3 Å². The van der Waals surface area contributed by atoms with E-state index in [1.54, 1.807) is 11.1 Å². The van der Waals surface area contributed by atoms with Gasteiger partial charge < -0.3 is 4.57 Å². The fourth-order valence-corrected chi connectivity index (χ4v) is 5.06. The van der Waals surface area contributed by atoms with E-state index in [4.69, 9.17) is 0 Å². The first-order valence-corrected chi connectivity index (χ1v) is 9.68. The first kappa shape index (κ1) is 14.5. The van der Waals surface area contributed by atoms with Crippen molar-refractivity contribution in [1.82, 2.24) is 4.57 Å². The lowest BCUT2D eigenvalue weighted by Gasteiger charge is -2.26. The van der Waals surface area contributed by atoms with Crippen molar-refractivity contribution >= 4 is 5.71 Å². The number of aliphatic imine (C=N–C) groups is 1. The van der Waals surface area contributed by atoms with Crippen LogP contribution in [-0.2, 0) is 19.4 Å². The Labute approximate surface area is 144 Å². The zero-order chi connectivity index (χ0) is 16.1. The first-order chi connectivity index (χ1) is 11.8. The van der Waals surface area contributed by atoms with E-state index < -0.39 is 0 Å². The SMILES string of the molecule is CC1=NCCn2c1cc1c2-c2ccc(C3CCCCC3)cc2CC1. The maximum atomic E-state index is 4.64. The Kier molecular flexibility index (Phi) is 3.39. The lowest BCUT2D eigenvalue weighted by Crippen LogP contribution is -2.17. The summed E-state index contributed by atoms with van der Waals surface area (Å²) in [6, 6.07) is 9.78. The predicted octanol–water partition coefficient (Wildman–Crippen LogP) is 5.12. The van der Waals surface area contributed by atoms with Crippen LogP contribution in [0.3, 0.4) is 0 Å². The van der Waals surface area contributed by atoms with E-state index in [0.29, 0.717) is 0 Å². The van der Waals surface area contributed by atoms with Crippen molar-refractivity contribution in [3.63, 3.8) is 0 Å². The summed E-state index contributed by atoms with van der Waals surface area (Å²) < 4.78 is 2.52. The van der Waals surface area contributed by atoms with Crippen LogP contribution in [0, 0.1) is 0 Å². The Hall–Kier alpha value is -1.83. The van der Waals surface area contributed by atoms with E-state index in [0.717, 1.165) is 19.0 Å². The average molecular weight is 318 g/mol. The van der Waals surface area contributed by atoms with Gasteiger partial charge in [0.25, 0.3) is 0 Å². The second-order valence-electron chi connectivity index (χ2n) is 7.77. The van der Waals surface area contributed by atoms with Gasteiger partial charge in [-0.15, -0.1) is 0 Å². The second-order valence-corrected chi connectivity index (χ2v) is 7.77. The van der Waals surface area contributed by atoms with Crippen molar-refractivity contribution in [1.29, 1.82) is 0 Å². The number of hydrogen-bond donors (Lipinski definition) is 0. The van der Waals surface area contributed by atoms with Crippen molar-refractivity contribution in [2.24, 2.45) is 4.99 Å². The molecule has 0 unspecified atom stereocenters. The third-order valence-corrected chi connectivity index (χ3v) is 6.34. The highest BCUT2D eigenvalue weighted by atomic mass is 15.1. The van der Waals surface area contributed by atoms with Gasteiger partial charge in [0.2, 0.25) is 0 Å². The highest BCUT2D eigenvalue weighted by Crippen LogP contribution is 2.40. The van der Waals surface area contributed by atoms with Gasteiger partial charge in [-0.1, -0.05) is 37.5 Å². The smallest absolute Gasteiger partial charge is 0.0626 e. The van der Waals surface area contributed by atoms with Crippen LogP contribution < -0.4 is 0 Å². The molecule has 2 heteroatoms. The minimum absolute atomic E-state index is 0.807. The minimum atomic E-state index is 0.807. The standard InChI is InChI=1S/C22H26N2/c1-15-21-14-19-8-7-18-13-17(16-5-3-2-4-6-16)9-10-20(18)22(19)24(21)12-11-23-15/h9-10,13-14,16H,2-8,11-12H2,1H3. The predicted molar refractivity (Wildman–Crippen MR) is 100 cm³/mol. The molecule has 5 rings (SSSR count). The van der Waals surface area contributed by atoms with Gasteiger partial charge in [-0.25, -0.2) is 0 Å². The Balaban J connectivity index is 1.58. The van der Waals surface area contributed by atoms with Crippen LogP contribution >= 0.6 is 0 Å². The van der Waals surface area contributed by atoms with Crippen molar-refractivity contribution in [2.75, 3.05) is 6.54 Å². The van der Waals surface area contributed by atoms with E-state index in [-0.39, 0.29) is 0 Å². The van der Waals surface area contributed by atoms with Crippen molar-refractivity contribution < 1.29 is 0 Å². The summed E-state index contributed by atoms with van der Waals surface area (Å²) in [5, 5.41) is 0. The molecule has 2 nitrogen and oxygen atoms in total. The topological polar surface area (TPSA) is 17.3 Å². The molecular weight excluding hydrogens is 292 g/mol. The monoisotopic (exact) mass is 318 g/mol. The zero-order valence-electron chi connectivity index (χ0n) is 14.6. The maximum Gasteiger partial charge on any atom is 0.0626 e. The lowest BCUT2D eigenvalue weighted by molar-refractivity contribution is 0.443. The molecule has 0 atom stereocenters. The van der Waals surface area contributed by atoms with E-state index >= 15 is 0 Å². The van der Waals surface area contributed by atoms with Gasteiger partial charge in [-0.2, -0.15) is 0 Å². The molecule has 1 aliphatic heterocycles. The summed E-state index contributed by atoms with van der Waals surface area (Å²) in [6.07, 6.45) is 9.42. The minimum Gasteiger partial charge on any atom is -0.337 e. The van der Waals surface area contributed by atoms with Gasteiger partial charge in [0.05, 0.1) is 23.6 Å². The normalized spacial score (nSPS) is 20.1. The van der Waals surface area contributed by atoms with Crippen molar-refractivity contribution in [3.05, 3.63) is 46.6 Å². The first-order valence-electron chi connectivity index (χ1n) is 9.68. The molecule has 1 aromatic heterocycles. The Morgan fingerprint density at radius 3 is 2.71 bits per heavy atom. The van der Waals surface area contributed by atoms with E-state index in [2.05, 4.69) is 40.7 Å². The van der Waals surface area contributed by atoms with Gasteiger partial charge in [-0.05, 0) is 61.3 Å². The summed E-state index contributed by atoms with van der Waals surface area (Å²) in [4.78, 5) is 4.64. The molecule has 124 valence electrons. The van der Waals surface area contributed by atoms with E-state index in [1.165, 1.54) is 73.2 Å². The summed E-state index contributed by atoms with van der Waals surface area (Å²) >= 11 is 0. The van der Waals surface area contributed by atoms with Crippen LogP contribution in [0.25, 0.3) is 11.3 Å². The number of nitrogens with zero attached hydrogens (tertiary/aromatic N) is 2. The molecule has 3 aliphatic rings. The number of aryl methyl sites for hydroxylation is 2. The van der Waals surface area contributed by atoms with Gasteiger partial charge in [0.15, 0.2) is 0 Å². The molecule has 2 aromatic rings. The number of aromatic nitrogens is 1. The third-order valence-electron chi connectivity index (χ3n) is 6.34. The molecule has 1 aromatic carbocycles. The fraction of sp³-hybridized carbons (Fsp3) is 0.500. The van der Waals surface area contributed by atoms with Crippen LogP contribution in [0.5, 0.6) is 0 Å². The summed E-state index contributed by atoms with van der Waals surface area (Å²) in [5.41, 5.74) is 10.2. The molecule has 0 spiro atoms. The molecule has 0 saturated heterocycles. The van der Waals surface area contributed by atoms with Crippen molar-refractivity contribution in [2.45, 2.75) is 64.3 Å². The van der Waals surface area contributed by atoms with Crippen LogP contribution in [0.15, 0.2) is 29.3 Å². The Morgan fingerprint density at radius 2 is 1.83 bits per heavy atom. The Bertz CT molecular complexity index is 819. The molecule has 0 N–H and O–H groups in total. The molecule has 24 heavy (non-hydrogen) atoms. The Morgan fingerprint density at radius 1 is 1.00 bits per heavy atom. The number of fused-ring (bicyclic) bond motifs is 5. The molecule has 1 fully saturated rings. The van der Waals surface area contributed by atoms with Gasteiger partial charge in [0, 0.05) is 12.1 Å². The van der Waals surface area contributed by atoms with E-state index in [1.807, 2.05) is 0 Å². The maximum absolute atomic E-state index is 4.64. The van der Waals surface area contributed by atoms with E-state index in [9.17, 15) is 0 Å². The van der Waals surface area contributed by atoms with Gasteiger partial charge >= 0.3 is 0 Å². The van der Waals surface area contributed by atoms with Gasteiger partial charge in [0.1, 0.15) is 0 Å². The highest BCUT2D eigenvalue weighted by molar-refractivity contribution is 5.99. The van der Waals surface area contributed by atoms with Crippen LogP contribution in [0.2, 0.25) is 0 Å². The number of rotatable bonds is 1. The van der Waals surface area contributed by atoms with Gasteiger partial charge in [-0.3, -0.25) is 4.99 Å². The molecule has 0 amide bonds. The van der Waals surface area contributed by atoms with Crippen LogP contribution in [-0.4, -0.2) is 16.8 Å². The molecule has 0 bridgehead atoms. The molecule has 2 aliphatic carbocycles. The number of benzene rings is 1. The largest absolute Gasteiger partial charge is 0.337 e. The average Bonchev–Trinajstić information content (AvgIpc) is 3.02. The third kappa shape index (κ3) is 2.19. The second kappa shape index (κ2) is 5.61. The lowest BCUT2D eigenvalue weighted by atomic mass is 9.81. The summed E-state index contributed by atoms with van der Waals surface area (Å²) in [7, 11) is 0. The van der Waals surface area contributed by atoms with Crippen LogP contribution in [0.1, 0.15) is 67.3 Å². The molecule has 2 heterocycles. The quantitative estimate of drug-likeness (QED) is 0.694. The van der Waals surface area contributed by atoms with Crippen LogP contribution in [0.4, 0.5) is 0 Å². The fourth-order valence-electron chi connectivity index (χ4n) is 5.06. The summed E-state index contributed by atoms with van der Waals surface area (Å²) in [5.74, 6) is 0.807. The molecular formula is C22H26N2. The highest BCUT2D eigenvalue weighted by Gasteiger charge is 2.26.